The Bertz CT molecular complexity index is 1980. The highest BCUT2D eigenvalue weighted by atomic mass is 31.2. The average Bonchev–Trinajstić information content (AvgIpc) is 0.908. The van der Waals surface area contributed by atoms with Crippen molar-refractivity contribution in [2.24, 2.45) is 17.8 Å². The Morgan fingerprint density at radius 2 is 0.500 bits per heavy atom. The van der Waals surface area contributed by atoms with E-state index in [1.165, 1.54) is 238 Å². The fraction of sp³-hybridized carbons (Fsp3) is 0.952. The second kappa shape index (κ2) is 73.2. The number of hydrogen-bond donors (Lipinski definition) is 3. The predicted molar refractivity (Wildman–Crippen MR) is 418 cm³/mol. The summed E-state index contributed by atoms with van der Waals surface area (Å²) in [4.78, 5) is 73.0. The second-order valence-electron chi connectivity index (χ2n) is 31.1. The number of rotatable bonds is 81. The van der Waals surface area contributed by atoms with Crippen molar-refractivity contribution in [3.05, 3.63) is 0 Å². The maximum Gasteiger partial charge on any atom is 0.472 e. The van der Waals surface area contributed by atoms with Gasteiger partial charge in [0.15, 0.2) is 12.2 Å². The molecule has 102 heavy (non-hydrogen) atoms. The number of carbonyl (C=O) groups is 4. The van der Waals surface area contributed by atoms with E-state index in [1.807, 2.05) is 0 Å². The van der Waals surface area contributed by atoms with Gasteiger partial charge in [0.05, 0.1) is 26.4 Å². The molecule has 0 aliphatic carbocycles. The Kier molecular flexibility index (Phi) is 71.8. The van der Waals surface area contributed by atoms with Gasteiger partial charge in [-0.15, -0.1) is 0 Å². The third kappa shape index (κ3) is 74.9. The lowest BCUT2D eigenvalue weighted by atomic mass is 9.99. The molecule has 0 spiro atoms. The van der Waals surface area contributed by atoms with Crippen LogP contribution in [0.25, 0.3) is 0 Å². The molecule has 606 valence electrons. The highest BCUT2D eigenvalue weighted by molar-refractivity contribution is 7.47. The van der Waals surface area contributed by atoms with E-state index < -0.39 is 97.5 Å². The largest absolute Gasteiger partial charge is 0.472 e. The van der Waals surface area contributed by atoms with Crippen molar-refractivity contribution in [3.63, 3.8) is 0 Å². The van der Waals surface area contributed by atoms with Crippen LogP contribution >= 0.6 is 15.6 Å². The lowest BCUT2D eigenvalue weighted by Gasteiger charge is -2.21. The van der Waals surface area contributed by atoms with Crippen molar-refractivity contribution >= 4 is 39.5 Å². The number of phosphoric acid groups is 2. The summed E-state index contributed by atoms with van der Waals surface area (Å²) in [7, 11) is -9.92. The van der Waals surface area contributed by atoms with Crippen LogP contribution in [0.3, 0.4) is 0 Å². The van der Waals surface area contributed by atoms with Crippen LogP contribution in [0.2, 0.25) is 0 Å². The van der Waals surface area contributed by atoms with E-state index >= 15 is 0 Å². The van der Waals surface area contributed by atoms with Crippen LogP contribution in [0, 0.1) is 17.8 Å². The van der Waals surface area contributed by atoms with Crippen molar-refractivity contribution in [2.75, 3.05) is 39.6 Å². The molecule has 0 amide bonds. The van der Waals surface area contributed by atoms with Gasteiger partial charge in [-0.1, -0.05) is 382 Å². The molecule has 3 N–H and O–H groups in total. The molecular formula is C83H162O17P2. The molecule has 0 rings (SSSR count). The first-order valence-corrected chi connectivity index (χ1v) is 45.9. The predicted octanol–water partition coefficient (Wildman–Crippen LogP) is 24.9. The molecule has 0 bridgehead atoms. The van der Waals surface area contributed by atoms with Crippen molar-refractivity contribution < 1.29 is 80.2 Å². The van der Waals surface area contributed by atoms with Gasteiger partial charge in [-0.05, 0) is 43.4 Å². The monoisotopic (exact) mass is 1490 g/mol. The Hall–Kier alpha value is -1.94. The molecule has 0 aromatic carbocycles. The number of carbonyl (C=O) groups excluding carboxylic acids is 4. The second-order valence-corrected chi connectivity index (χ2v) is 34.0. The summed E-state index contributed by atoms with van der Waals surface area (Å²) in [6.45, 7) is 11.9. The molecule has 0 aromatic rings. The zero-order valence-electron chi connectivity index (χ0n) is 67.1. The summed E-state index contributed by atoms with van der Waals surface area (Å²) < 4.78 is 68.7. The van der Waals surface area contributed by atoms with Gasteiger partial charge in [-0.25, -0.2) is 9.13 Å². The normalized spacial score (nSPS) is 14.2. The maximum atomic E-state index is 13.1. The summed E-state index contributed by atoms with van der Waals surface area (Å²) in [5.41, 5.74) is 0. The molecule has 3 unspecified atom stereocenters. The zero-order chi connectivity index (χ0) is 75.1. The zero-order valence-corrected chi connectivity index (χ0v) is 68.9. The summed E-state index contributed by atoms with van der Waals surface area (Å²) in [6.07, 6.45) is 62.7. The van der Waals surface area contributed by atoms with E-state index in [-0.39, 0.29) is 25.7 Å². The van der Waals surface area contributed by atoms with Gasteiger partial charge in [-0.2, -0.15) is 0 Å². The minimum atomic E-state index is -4.96. The van der Waals surface area contributed by atoms with Crippen LogP contribution in [0.15, 0.2) is 0 Å². The van der Waals surface area contributed by atoms with Gasteiger partial charge in [0.1, 0.15) is 19.3 Å². The number of aliphatic hydroxyl groups is 1. The molecule has 0 aliphatic rings. The van der Waals surface area contributed by atoms with E-state index in [0.29, 0.717) is 31.6 Å². The lowest BCUT2D eigenvalue weighted by Crippen LogP contribution is -2.30. The summed E-state index contributed by atoms with van der Waals surface area (Å²) in [5, 5.41) is 10.6. The fourth-order valence-electron chi connectivity index (χ4n) is 12.8. The SMILES string of the molecule is CCCCCCCCCCCCCCCCCCCC(=O)OC[C@H](COP(=O)(O)OC[C@@H](O)COP(=O)(O)OC[C@@H](COC(=O)CCCCCCCCC(C)C)OC(=O)CCCCCCCCCCCCCC(C)C)OC(=O)CCCCCCCCCCCCCCCCCCCCC(C)CC. The molecule has 0 heterocycles. The molecule has 0 saturated heterocycles. The van der Waals surface area contributed by atoms with Crippen molar-refractivity contribution in [1.29, 1.82) is 0 Å². The van der Waals surface area contributed by atoms with E-state index in [1.54, 1.807) is 0 Å². The van der Waals surface area contributed by atoms with Crippen LogP contribution in [0.1, 0.15) is 434 Å². The smallest absolute Gasteiger partial charge is 0.462 e. The highest BCUT2D eigenvalue weighted by Crippen LogP contribution is 2.45. The molecule has 0 aliphatic heterocycles. The Morgan fingerprint density at radius 3 is 0.745 bits per heavy atom. The molecular weight excluding hydrogens is 1330 g/mol. The first-order chi connectivity index (χ1) is 49.3. The first kappa shape index (κ1) is 100. The van der Waals surface area contributed by atoms with Gasteiger partial charge in [0, 0.05) is 25.7 Å². The van der Waals surface area contributed by atoms with Gasteiger partial charge in [-0.3, -0.25) is 37.3 Å². The minimum Gasteiger partial charge on any atom is -0.462 e. The van der Waals surface area contributed by atoms with E-state index in [0.717, 1.165) is 108 Å². The number of aliphatic hydroxyl groups excluding tert-OH is 1. The standard InChI is InChI=1S/C83H162O17P2/c1-8-10-11-12-13-14-15-16-17-20-24-27-32-37-42-50-57-64-80(85)93-70-78(99-82(87)66-59-52-43-38-33-28-25-22-19-18-21-23-26-31-36-41-49-56-63-76(7)9-2)72-97-101(89,90)95-68-77(84)69-96-102(91,92)98-73-79(71-94-81(86)65-58-51-46-45-48-55-62-75(5)6)100-83(88)67-60-53-44-39-34-29-30-35-40-47-54-61-74(3)4/h74-79,84H,8-73H2,1-7H3,(H,89,90)(H,91,92)/t76?,77-,78-,79-/m1/s1. The average molecular weight is 1490 g/mol. The van der Waals surface area contributed by atoms with Crippen molar-refractivity contribution in [1.82, 2.24) is 0 Å². The Labute approximate surface area is 626 Å². The third-order valence-electron chi connectivity index (χ3n) is 19.7. The topological polar surface area (TPSA) is 237 Å². The van der Waals surface area contributed by atoms with Crippen molar-refractivity contribution in [3.8, 4) is 0 Å². The molecule has 17 nitrogen and oxygen atoms in total. The number of hydrogen-bond acceptors (Lipinski definition) is 15. The molecule has 0 radical (unpaired) electrons. The number of unbranched alkanes of at least 4 members (excludes halogenated alkanes) is 48. The quantitative estimate of drug-likeness (QED) is 0.0222. The molecule has 6 atom stereocenters. The van der Waals surface area contributed by atoms with Crippen LogP contribution in [0.4, 0.5) is 0 Å². The Balaban J connectivity index is 5.21. The Morgan fingerprint density at radius 1 is 0.284 bits per heavy atom. The van der Waals surface area contributed by atoms with E-state index in [2.05, 4.69) is 48.5 Å². The van der Waals surface area contributed by atoms with Crippen LogP contribution in [0.5, 0.6) is 0 Å². The molecule has 19 heteroatoms. The minimum absolute atomic E-state index is 0.105. The number of phosphoric ester groups is 2. The lowest BCUT2D eigenvalue weighted by molar-refractivity contribution is -0.161. The van der Waals surface area contributed by atoms with Crippen LogP contribution in [-0.2, 0) is 65.4 Å². The molecule has 0 fully saturated rings. The van der Waals surface area contributed by atoms with Gasteiger partial charge in [0.2, 0.25) is 0 Å². The van der Waals surface area contributed by atoms with E-state index in [4.69, 9.17) is 37.0 Å². The van der Waals surface area contributed by atoms with Gasteiger partial charge in [0.25, 0.3) is 0 Å². The maximum absolute atomic E-state index is 13.1. The van der Waals surface area contributed by atoms with E-state index in [9.17, 15) is 43.2 Å². The van der Waals surface area contributed by atoms with Crippen LogP contribution in [-0.4, -0.2) is 96.7 Å². The van der Waals surface area contributed by atoms with Crippen LogP contribution < -0.4 is 0 Å². The highest BCUT2D eigenvalue weighted by Gasteiger charge is 2.30. The number of ether oxygens (including phenoxy) is 4. The first-order valence-electron chi connectivity index (χ1n) is 42.9. The van der Waals surface area contributed by atoms with Crippen molar-refractivity contribution in [2.45, 2.75) is 452 Å². The third-order valence-corrected chi connectivity index (χ3v) is 21.6. The number of esters is 4. The fourth-order valence-corrected chi connectivity index (χ4v) is 14.4. The summed E-state index contributed by atoms with van der Waals surface area (Å²) in [5.74, 6) is 0.205. The summed E-state index contributed by atoms with van der Waals surface area (Å²) >= 11 is 0. The molecule has 0 aromatic heterocycles. The van der Waals surface area contributed by atoms with Gasteiger partial charge >= 0.3 is 39.5 Å². The summed E-state index contributed by atoms with van der Waals surface area (Å²) in [6, 6.07) is 0. The molecule has 0 saturated carbocycles. The van der Waals surface area contributed by atoms with Gasteiger partial charge < -0.3 is 33.8 Å².